The molecule has 3 heterocycles. The van der Waals surface area contributed by atoms with Crippen molar-refractivity contribution < 1.29 is 4.79 Å². The van der Waals surface area contributed by atoms with Gasteiger partial charge < -0.3 is 4.90 Å². The van der Waals surface area contributed by atoms with Gasteiger partial charge in [0, 0.05) is 22.3 Å². The number of piperidine rings is 1. The molecule has 0 saturated carbocycles. The Morgan fingerprint density at radius 2 is 2.12 bits per heavy atom. The van der Waals surface area contributed by atoms with Crippen LogP contribution in [-0.4, -0.2) is 32.7 Å². The lowest BCUT2D eigenvalue weighted by atomic mass is 10.0. The summed E-state index contributed by atoms with van der Waals surface area (Å²) in [6, 6.07) is 0.856. The van der Waals surface area contributed by atoms with Crippen LogP contribution in [0.15, 0.2) is 10.9 Å². The molecule has 16 heavy (non-hydrogen) atoms. The normalized spacial score (nSPS) is 33.1. The standard InChI is InChI=1S/C11H13BrN2OS/c12-7-3-8-1-2-9(4-7)14(8)11(15)10-5-16-6-13-10/h5-9H,1-4H2. The third-order valence-electron chi connectivity index (χ3n) is 3.56. The van der Waals surface area contributed by atoms with E-state index in [1.807, 2.05) is 5.38 Å². The summed E-state index contributed by atoms with van der Waals surface area (Å²) in [4.78, 5) is 19.1. The van der Waals surface area contributed by atoms with Crippen LogP contribution in [0.1, 0.15) is 36.2 Å². The monoisotopic (exact) mass is 300 g/mol. The minimum Gasteiger partial charge on any atom is -0.331 e. The highest BCUT2D eigenvalue weighted by Crippen LogP contribution is 2.39. The van der Waals surface area contributed by atoms with Crippen LogP contribution in [0.3, 0.4) is 0 Å². The van der Waals surface area contributed by atoms with Crippen LogP contribution in [0.4, 0.5) is 0 Å². The van der Waals surface area contributed by atoms with Crippen molar-refractivity contribution in [3.05, 3.63) is 16.6 Å². The molecule has 0 spiro atoms. The Morgan fingerprint density at radius 3 is 2.69 bits per heavy atom. The van der Waals surface area contributed by atoms with Gasteiger partial charge in [-0.2, -0.15) is 0 Å². The number of hydrogen-bond donors (Lipinski definition) is 0. The van der Waals surface area contributed by atoms with Crippen LogP contribution in [0, 0.1) is 0 Å². The SMILES string of the molecule is O=C(c1cscn1)N1C2CCC1CC(Br)C2. The Morgan fingerprint density at radius 1 is 1.44 bits per heavy atom. The maximum atomic E-state index is 12.3. The highest BCUT2D eigenvalue weighted by Gasteiger charge is 2.43. The molecule has 3 nitrogen and oxygen atoms in total. The fourth-order valence-electron chi connectivity index (χ4n) is 2.89. The predicted molar refractivity (Wildman–Crippen MR) is 67.0 cm³/mol. The molecule has 2 aliphatic heterocycles. The van der Waals surface area contributed by atoms with Gasteiger partial charge in [-0.05, 0) is 25.7 Å². The average Bonchev–Trinajstić information content (AvgIpc) is 2.85. The first-order valence-corrected chi connectivity index (χ1v) is 7.46. The largest absolute Gasteiger partial charge is 0.331 e. The van der Waals surface area contributed by atoms with Gasteiger partial charge in [-0.15, -0.1) is 11.3 Å². The number of amides is 1. The molecule has 0 aromatic carbocycles. The highest BCUT2D eigenvalue weighted by molar-refractivity contribution is 9.09. The smallest absolute Gasteiger partial charge is 0.273 e. The number of carbonyl (C=O) groups is 1. The third-order valence-corrected chi connectivity index (χ3v) is 4.90. The third kappa shape index (κ3) is 1.70. The first kappa shape index (κ1) is 10.7. The molecule has 1 aromatic rings. The average molecular weight is 301 g/mol. The van der Waals surface area contributed by atoms with Gasteiger partial charge >= 0.3 is 0 Å². The van der Waals surface area contributed by atoms with Gasteiger partial charge in [0.15, 0.2) is 0 Å². The van der Waals surface area contributed by atoms with Crippen LogP contribution in [0.5, 0.6) is 0 Å². The Balaban J connectivity index is 1.84. The van der Waals surface area contributed by atoms with E-state index in [4.69, 9.17) is 0 Å². The number of halogens is 1. The summed E-state index contributed by atoms with van der Waals surface area (Å²) in [6.07, 6.45) is 4.49. The first-order valence-electron chi connectivity index (χ1n) is 5.60. The van der Waals surface area contributed by atoms with Crippen molar-refractivity contribution in [2.24, 2.45) is 0 Å². The Labute approximate surface area is 107 Å². The second-order valence-corrected chi connectivity index (χ2v) is 6.55. The van der Waals surface area contributed by atoms with Crippen molar-refractivity contribution in [3.63, 3.8) is 0 Å². The van der Waals surface area contributed by atoms with E-state index in [1.165, 1.54) is 11.3 Å². The van der Waals surface area contributed by atoms with Gasteiger partial charge in [0.25, 0.3) is 5.91 Å². The minimum atomic E-state index is 0.133. The molecular formula is C11H13BrN2OS. The molecule has 2 fully saturated rings. The quantitative estimate of drug-likeness (QED) is 0.747. The molecule has 2 bridgehead atoms. The zero-order valence-electron chi connectivity index (χ0n) is 8.80. The molecule has 2 aliphatic rings. The summed E-state index contributed by atoms with van der Waals surface area (Å²) in [6.45, 7) is 0. The number of fused-ring (bicyclic) bond motifs is 2. The fraction of sp³-hybridized carbons (Fsp3) is 0.636. The molecule has 1 aromatic heterocycles. The summed E-state index contributed by atoms with van der Waals surface area (Å²) >= 11 is 5.17. The van der Waals surface area contributed by atoms with Crippen molar-refractivity contribution in [2.45, 2.75) is 42.6 Å². The molecule has 0 radical (unpaired) electrons. The predicted octanol–water partition coefficient (Wildman–Crippen LogP) is 2.67. The molecule has 5 heteroatoms. The molecule has 0 aliphatic carbocycles. The summed E-state index contributed by atoms with van der Waals surface area (Å²) in [7, 11) is 0. The lowest BCUT2D eigenvalue weighted by Gasteiger charge is -2.36. The van der Waals surface area contributed by atoms with E-state index >= 15 is 0 Å². The number of aromatic nitrogens is 1. The molecule has 2 unspecified atom stereocenters. The number of rotatable bonds is 1. The summed E-state index contributed by atoms with van der Waals surface area (Å²) in [5, 5.41) is 1.85. The van der Waals surface area contributed by atoms with E-state index in [-0.39, 0.29) is 5.91 Å². The maximum Gasteiger partial charge on any atom is 0.273 e. The Hall–Kier alpha value is -0.420. The van der Waals surface area contributed by atoms with E-state index in [1.54, 1.807) is 5.51 Å². The van der Waals surface area contributed by atoms with Crippen molar-refractivity contribution >= 4 is 33.2 Å². The van der Waals surface area contributed by atoms with E-state index in [9.17, 15) is 4.79 Å². The van der Waals surface area contributed by atoms with E-state index in [0.717, 1.165) is 25.7 Å². The van der Waals surface area contributed by atoms with E-state index < -0.39 is 0 Å². The van der Waals surface area contributed by atoms with Crippen LogP contribution in [0.25, 0.3) is 0 Å². The van der Waals surface area contributed by atoms with Crippen LogP contribution >= 0.6 is 27.3 Å². The lowest BCUT2D eigenvalue weighted by Crippen LogP contribution is -2.46. The topological polar surface area (TPSA) is 33.2 Å². The van der Waals surface area contributed by atoms with Crippen LogP contribution in [0.2, 0.25) is 0 Å². The van der Waals surface area contributed by atoms with Crippen LogP contribution < -0.4 is 0 Å². The van der Waals surface area contributed by atoms with Crippen LogP contribution in [-0.2, 0) is 0 Å². The molecule has 2 saturated heterocycles. The van der Waals surface area contributed by atoms with Crippen molar-refractivity contribution in [3.8, 4) is 0 Å². The van der Waals surface area contributed by atoms with Gasteiger partial charge in [0.1, 0.15) is 5.69 Å². The molecule has 3 rings (SSSR count). The molecule has 0 N–H and O–H groups in total. The van der Waals surface area contributed by atoms with E-state index in [2.05, 4.69) is 25.8 Å². The summed E-state index contributed by atoms with van der Waals surface area (Å²) < 4.78 is 0. The van der Waals surface area contributed by atoms with Gasteiger partial charge in [-0.1, -0.05) is 15.9 Å². The number of thiazole rings is 1. The number of nitrogens with zero attached hydrogens (tertiary/aromatic N) is 2. The number of carbonyl (C=O) groups excluding carboxylic acids is 1. The summed E-state index contributed by atoms with van der Waals surface area (Å²) in [5.41, 5.74) is 2.35. The van der Waals surface area contributed by atoms with Crippen molar-refractivity contribution in [1.29, 1.82) is 0 Å². The number of hydrogen-bond acceptors (Lipinski definition) is 3. The number of alkyl halides is 1. The summed E-state index contributed by atoms with van der Waals surface area (Å²) in [5.74, 6) is 0.133. The molecule has 1 amide bonds. The Kier molecular flexibility index (Phi) is 2.75. The second-order valence-electron chi connectivity index (χ2n) is 4.54. The van der Waals surface area contributed by atoms with Gasteiger partial charge in [0.05, 0.1) is 5.51 Å². The van der Waals surface area contributed by atoms with E-state index in [0.29, 0.717) is 22.6 Å². The molecule has 86 valence electrons. The minimum absolute atomic E-state index is 0.133. The molecule has 2 atom stereocenters. The highest BCUT2D eigenvalue weighted by atomic mass is 79.9. The lowest BCUT2D eigenvalue weighted by molar-refractivity contribution is 0.0598. The van der Waals surface area contributed by atoms with Gasteiger partial charge in [0.2, 0.25) is 0 Å². The van der Waals surface area contributed by atoms with Gasteiger partial charge in [-0.3, -0.25) is 4.79 Å². The van der Waals surface area contributed by atoms with Crippen molar-refractivity contribution in [2.75, 3.05) is 0 Å². The fourth-order valence-corrected chi connectivity index (χ4v) is 4.28. The molecular weight excluding hydrogens is 288 g/mol. The zero-order chi connectivity index (χ0) is 11.1. The van der Waals surface area contributed by atoms with Crippen molar-refractivity contribution in [1.82, 2.24) is 9.88 Å². The zero-order valence-corrected chi connectivity index (χ0v) is 11.2. The maximum absolute atomic E-state index is 12.3. The second kappa shape index (κ2) is 4.11. The van der Waals surface area contributed by atoms with Gasteiger partial charge in [-0.25, -0.2) is 4.98 Å². The first-order chi connectivity index (χ1) is 7.75. The Bertz CT molecular complexity index is 381.